The molecular weight excluding hydrogens is 797 g/mol. The van der Waals surface area contributed by atoms with Crippen molar-refractivity contribution in [2.45, 2.75) is 34.5 Å². The second-order valence-electron chi connectivity index (χ2n) is 11.8. The summed E-state index contributed by atoms with van der Waals surface area (Å²) < 4.78 is 20.7. The Morgan fingerprint density at radius 1 is 0.661 bits per heavy atom. The number of nitrogens with zero attached hydrogens (tertiary/aromatic N) is 2. The molecule has 0 aliphatic heterocycles. The molecule has 15 heteroatoms. The molecule has 306 valence electrons. The van der Waals surface area contributed by atoms with Crippen LogP contribution in [-0.4, -0.2) is 41.8 Å². The first-order chi connectivity index (χ1) is 28.0. The highest BCUT2D eigenvalue weighted by Crippen LogP contribution is 2.32. The molecule has 2 aromatic heterocycles. The molecule has 4 aromatic carbocycles. The monoisotopic (exact) mass is 838 g/mol. The van der Waals surface area contributed by atoms with Gasteiger partial charge in [0.1, 0.15) is 45.6 Å². The maximum atomic E-state index is 11.8. The maximum absolute atomic E-state index is 11.8. The lowest BCUT2D eigenvalue weighted by molar-refractivity contribution is -0.385. The minimum absolute atomic E-state index is 0. The Morgan fingerprint density at radius 3 is 1.58 bits per heavy atom. The van der Waals surface area contributed by atoms with Gasteiger partial charge in [-0.1, -0.05) is 86.3 Å². The van der Waals surface area contributed by atoms with Gasteiger partial charge in [-0.3, -0.25) is 25.0 Å². The van der Waals surface area contributed by atoms with Crippen molar-refractivity contribution in [3.63, 3.8) is 0 Å². The average molecular weight is 839 g/mol. The van der Waals surface area contributed by atoms with Gasteiger partial charge in [0.05, 0.1) is 28.4 Å². The summed E-state index contributed by atoms with van der Waals surface area (Å²) in [4.78, 5) is 55.3. The number of carbonyl (C=O) groups is 3. The lowest BCUT2D eigenvalue weighted by Crippen LogP contribution is -2.01. The number of esters is 2. The number of hydrogen-bond donors (Lipinski definition) is 0. The third-order valence-corrected chi connectivity index (χ3v) is 9.80. The van der Waals surface area contributed by atoms with Crippen molar-refractivity contribution in [2.75, 3.05) is 13.7 Å². The van der Waals surface area contributed by atoms with E-state index in [4.69, 9.17) is 14.2 Å². The summed E-state index contributed by atoms with van der Waals surface area (Å²) in [5.74, 6) is 0.411. The Bertz CT molecular complexity index is 2300. The van der Waals surface area contributed by atoms with Crippen molar-refractivity contribution in [1.29, 1.82) is 0 Å². The van der Waals surface area contributed by atoms with Crippen LogP contribution in [0.25, 0.3) is 12.2 Å². The number of rotatable bonds is 14. The van der Waals surface area contributed by atoms with Crippen LogP contribution in [-0.2, 0) is 22.7 Å². The van der Waals surface area contributed by atoms with E-state index in [-0.39, 0.29) is 35.2 Å². The van der Waals surface area contributed by atoms with E-state index in [9.17, 15) is 34.6 Å². The highest BCUT2D eigenvalue weighted by Gasteiger charge is 2.22. The fourth-order valence-corrected chi connectivity index (χ4v) is 6.62. The van der Waals surface area contributed by atoms with Crippen molar-refractivity contribution >= 4 is 64.4 Å². The first kappa shape index (κ1) is 46.4. The Hall–Kier alpha value is -6.97. The summed E-state index contributed by atoms with van der Waals surface area (Å²) >= 11 is 2.10. The zero-order chi connectivity index (χ0) is 41.9. The van der Waals surface area contributed by atoms with Crippen molar-refractivity contribution < 1.29 is 43.2 Å². The molecule has 0 bridgehead atoms. The molecule has 13 nitrogen and oxygen atoms in total. The van der Waals surface area contributed by atoms with Gasteiger partial charge in [-0.15, -0.1) is 22.7 Å². The smallest absolute Gasteiger partial charge is 0.348 e. The first-order valence-corrected chi connectivity index (χ1v) is 19.1. The van der Waals surface area contributed by atoms with Gasteiger partial charge in [0.25, 0.3) is 11.4 Å². The van der Waals surface area contributed by atoms with E-state index in [1.54, 1.807) is 50.3 Å². The molecule has 0 saturated heterocycles. The summed E-state index contributed by atoms with van der Waals surface area (Å²) in [6, 6.07) is 36.8. The largest absolute Gasteiger partial charge is 0.489 e. The number of nitro groups is 2. The molecule has 6 aromatic rings. The number of aldehydes is 1. The highest BCUT2D eigenvalue weighted by molar-refractivity contribution is 7.15. The lowest BCUT2D eigenvalue weighted by atomic mass is 10.2. The third kappa shape index (κ3) is 14.8. The number of benzene rings is 4. The molecule has 2 heterocycles. The second-order valence-corrected chi connectivity index (χ2v) is 14.1. The Kier molecular flexibility index (Phi) is 18.8. The number of methoxy groups -OCH3 is 1. The molecule has 0 aliphatic carbocycles. The van der Waals surface area contributed by atoms with Crippen LogP contribution in [0.3, 0.4) is 0 Å². The normalized spacial score (nSPS) is 10.1. The molecule has 0 atom stereocenters. The highest BCUT2D eigenvalue weighted by atomic mass is 32.1. The molecule has 0 spiro atoms. The van der Waals surface area contributed by atoms with Gasteiger partial charge in [-0.25, -0.2) is 9.59 Å². The summed E-state index contributed by atoms with van der Waals surface area (Å²) in [5.41, 5.74) is 3.58. The van der Waals surface area contributed by atoms with Crippen molar-refractivity contribution in [2.24, 2.45) is 0 Å². The van der Waals surface area contributed by atoms with Crippen LogP contribution in [0.4, 0.5) is 11.4 Å². The number of hydrogen-bond acceptors (Lipinski definition) is 13. The van der Waals surface area contributed by atoms with Crippen LogP contribution in [0, 0.1) is 27.2 Å². The molecule has 0 N–H and O–H groups in total. The fraction of sp³-hybridized carbons (Fsp3) is 0.159. The van der Waals surface area contributed by atoms with Crippen molar-refractivity contribution in [3.8, 4) is 11.5 Å². The van der Waals surface area contributed by atoms with Crippen LogP contribution in [0.5, 0.6) is 11.5 Å². The molecule has 59 heavy (non-hydrogen) atoms. The lowest BCUT2D eigenvalue weighted by Gasteiger charge is -2.06. The van der Waals surface area contributed by atoms with E-state index < -0.39 is 21.8 Å². The number of ether oxygens (including phenoxy) is 4. The van der Waals surface area contributed by atoms with Crippen LogP contribution in [0.2, 0.25) is 0 Å². The summed E-state index contributed by atoms with van der Waals surface area (Å²) in [6.45, 7) is 4.52. The SMILES string of the molecule is C.CCOC(=O)c1cc([N+](=O)[O-])c(/C=C/c2ccc(OCc3ccccc3)cc2)s1.COC(=O)c1cc([N+](=O)[O-])c(C)s1.O=Cc1ccc(OCc2ccccc2)cc1. The summed E-state index contributed by atoms with van der Waals surface area (Å²) in [5, 5.41) is 21.7. The number of thiophene rings is 2. The Morgan fingerprint density at radius 2 is 1.14 bits per heavy atom. The van der Waals surface area contributed by atoms with Gasteiger partial charge < -0.3 is 18.9 Å². The summed E-state index contributed by atoms with van der Waals surface area (Å²) in [6.07, 6.45) is 4.21. The van der Waals surface area contributed by atoms with Crippen LogP contribution < -0.4 is 9.47 Å². The van der Waals surface area contributed by atoms with Gasteiger partial charge in [0, 0.05) is 17.7 Å². The zero-order valence-corrected chi connectivity index (χ0v) is 33.2. The standard InChI is InChI=1S/C22H19NO5S.C14H12O2.C7H7NO4S.CH4/c1-2-27-22(24)21-14-19(23(25)26)20(29-21)13-10-16-8-11-18(12-9-16)28-15-17-6-4-3-5-7-17;15-10-12-6-8-14(9-7-12)16-11-13-4-2-1-3-5-13;1-4-5(8(10)11)3-6(13-4)7(9)12-2;/h3-14H,2,15H2,1H3;1-10H,11H2;3H,1-2H3;1H4/b13-10+;;;. The van der Waals surface area contributed by atoms with Gasteiger partial charge in [0.2, 0.25) is 0 Å². The van der Waals surface area contributed by atoms with Gasteiger partial charge in [-0.05, 0) is 73.0 Å². The quantitative estimate of drug-likeness (QED) is 0.0442. The number of aryl methyl sites for hydroxylation is 1. The Labute approximate surface area is 349 Å². The maximum Gasteiger partial charge on any atom is 0.348 e. The van der Waals surface area contributed by atoms with Crippen LogP contribution in [0.15, 0.2) is 121 Å². The minimum atomic E-state index is -0.555. The predicted molar refractivity (Wildman–Crippen MR) is 229 cm³/mol. The predicted octanol–water partition coefficient (Wildman–Crippen LogP) is 11.0. The molecule has 6 rings (SSSR count). The van der Waals surface area contributed by atoms with E-state index in [1.165, 1.54) is 19.2 Å². The van der Waals surface area contributed by atoms with E-state index in [2.05, 4.69) is 4.74 Å². The second kappa shape index (κ2) is 23.9. The molecule has 0 unspecified atom stereocenters. The number of carbonyl (C=O) groups excluding carboxylic acids is 3. The zero-order valence-electron chi connectivity index (χ0n) is 31.6. The van der Waals surface area contributed by atoms with Crippen molar-refractivity contribution in [3.05, 3.63) is 183 Å². The van der Waals surface area contributed by atoms with Crippen LogP contribution >= 0.6 is 22.7 Å². The van der Waals surface area contributed by atoms with Gasteiger partial charge in [-0.2, -0.15) is 0 Å². The van der Waals surface area contributed by atoms with Crippen LogP contribution in [0.1, 0.15) is 70.5 Å². The molecular formula is C44H42N2O11S2. The van der Waals surface area contributed by atoms with Gasteiger partial charge >= 0.3 is 11.9 Å². The van der Waals surface area contributed by atoms with E-state index in [0.29, 0.717) is 28.5 Å². The van der Waals surface area contributed by atoms with E-state index in [0.717, 1.165) is 57.1 Å². The average Bonchev–Trinajstić information content (AvgIpc) is 3.87. The molecule has 0 saturated carbocycles. The fourth-order valence-electron chi connectivity index (χ4n) is 4.79. The molecule has 0 amide bonds. The topological polar surface area (TPSA) is 174 Å². The third-order valence-electron chi connectivity index (χ3n) is 7.71. The van der Waals surface area contributed by atoms with E-state index >= 15 is 0 Å². The molecule has 0 fully saturated rings. The molecule has 0 radical (unpaired) electrons. The van der Waals surface area contributed by atoms with Crippen molar-refractivity contribution in [1.82, 2.24) is 0 Å². The molecule has 0 aliphatic rings. The Balaban J connectivity index is 0.000000261. The summed E-state index contributed by atoms with van der Waals surface area (Å²) in [7, 11) is 1.24. The minimum Gasteiger partial charge on any atom is -0.489 e. The van der Waals surface area contributed by atoms with E-state index in [1.807, 2.05) is 84.9 Å². The first-order valence-electron chi connectivity index (χ1n) is 17.5. The van der Waals surface area contributed by atoms with Gasteiger partial charge in [0.15, 0.2) is 0 Å².